The number of hydrogen-bond acceptors (Lipinski definition) is 3. The smallest absolute Gasteiger partial charge is 0.228 e. The minimum atomic E-state index is -0.0691. The Labute approximate surface area is 129 Å². The zero-order valence-corrected chi connectivity index (χ0v) is 13.8. The molecule has 0 bridgehead atoms. The van der Waals surface area contributed by atoms with Crippen LogP contribution in [0.25, 0.3) is 0 Å². The van der Waals surface area contributed by atoms with Gasteiger partial charge in [0.2, 0.25) is 5.91 Å². The molecule has 1 aliphatic carbocycles. The maximum Gasteiger partial charge on any atom is 0.228 e. The van der Waals surface area contributed by atoms with Crippen LogP contribution in [0.2, 0.25) is 0 Å². The predicted molar refractivity (Wildman–Crippen MR) is 85.1 cm³/mol. The van der Waals surface area contributed by atoms with E-state index >= 15 is 0 Å². The molecule has 1 N–H and O–H groups in total. The molecule has 0 aromatic rings. The quantitative estimate of drug-likeness (QED) is 0.845. The number of rotatable bonds is 5. The van der Waals surface area contributed by atoms with Gasteiger partial charge in [-0.25, -0.2) is 0 Å². The van der Waals surface area contributed by atoms with E-state index in [9.17, 15) is 4.79 Å². The summed E-state index contributed by atoms with van der Waals surface area (Å²) in [6, 6.07) is 0. The molecule has 0 radical (unpaired) electrons. The second-order valence-electron chi connectivity index (χ2n) is 7.30. The Morgan fingerprint density at radius 2 is 1.81 bits per heavy atom. The minimum absolute atomic E-state index is 0.0691. The summed E-state index contributed by atoms with van der Waals surface area (Å²) in [6.07, 6.45) is 6.67. The van der Waals surface area contributed by atoms with E-state index in [1.165, 1.54) is 12.8 Å². The number of aliphatic hydroxyl groups excluding tert-OH is 1. The third kappa shape index (κ3) is 4.19. The minimum Gasteiger partial charge on any atom is -0.395 e. The number of carbonyl (C=O) groups excluding carboxylic acids is 1. The Balaban J connectivity index is 2.00. The molecule has 4 heteroatoms. The summed E-state index contributed by atoms with van der Waals surface area (Å²) >= 11 is 0. The Kier molecular flexibility index (Phi) is 6.06. The van der Waals surface area contributed by atoms with E-state index in [0.29, 0.717) is 11.8 Å². The van der Waals surface area contributed by atoms with Gasteiger partial charge in [0, 0.05) is 31.6 Å². The Bertz CT molecular complexity index is 338. The first-order chi connectivity index (χ1) is 10.1. The molecule has 1 aliphatic heterocycles. The van der Waals surface area contributed by atoms with E-state index in [0.717, 1.165) is 58.4 Å². The molecule has 0 atom stereocenters. The van der Waals surface area contributed by atoms with Gasteiger partial charge in [0.15, 0.2) is 0 Å². The number of amides is 1. The van der Waals surface area contributed by atoms with Crippen LogP contribution in [0.1, 0.15) is 52.4 Å². The molecule has 1 heterocycles. The summed E-state index contributed by atoms with van der Waals surface area (Å²) in [5.41, 5.74) is -0.0691. The summed E-state index contributed by atoms with van der Waals surface area (Å²) in [5, 5.41) is 9.08. The lowest BCUT2D eigenvalue weighted by Crippen LogP contribution is -2.45. The highest BCUT2D eigenvalue weighted by molar-refractivity contribution is 5.83. The van der Waals surface area contributed by atoms with Crippen LogP contribution in [0, 0.1) is 11.3 Å². The summed E-state index contributed by atoms with van der Waals surface area (Å²) in [6.45, 7) is 9.05. The van der Waals surface area contributed by atoms with Gasteiger partial charge in [-0.3, -0.25) is 9.69 Å². The van der Waals surface area contributed by atoms with Crippen molar-refractivity contribution in [1.29, 1.82) is 0 Å². The molecule has 0 unspecified atom stereocenters. The standard InChI is InChI=1S/C17H32N2O2/c1-15(2)14-17(6-3-4-7-17)16(21)19-9-5-8-18(10-11-19)12-13-20/h15,20H,3-14H2,1-2H3. The van der Waals surface area contributed by atoms with Gasteiger partial charge in [0.05, 0.1) is 6.61 Å². The summed E-state index contributed by atoms with van der Waals surface area (Å²) < 4.78 is 0. The topological polar surface area (TPSA) is 43.8 Å². The van der Waals surface area contributed by atoms with Crippen LogP contribution in [0.3, 0.4) is 0 Å². The molecule has 122 valence electrons. The fraction of sp³-hybridized carbons (Fsp3) is 0.941. The van der Waals surface area contributed by atoms with Crippen molar-refractivity contribution in [2.45, 2.75) is 52.4 Å². The molecule has 4 nitrogen and oxygen atoms in total. The van der Waals surface area contributed by atoms with Crippen LogP contribution in [-0.2, 0) is 4.79 Å². The number of nitrogens with zero attached hydrogens (tertiary/aromatic N) is 2. The molecule has 0 aromatic carbocycles. The van der Waals surface area contributed by atoms with Gasteiger partial charge in [-0.15, -0.1) is 0 Å². The van der Waals surface area contributed by atoms with Gasteiger partial charge in [-0.05, 0) is 38.1 Å². The van der Waals surface area contributed by atoms with Crippen LogP contribution in [-0.4, -0.2) is 60.1 Å². The van der Waals surface area contributed by atoms with Crippen molar-refractivity contribution in [2.75, 3.05) is 39.3 Å². The van der Waals surface area contributed by atoms with Crippen LogP contribution in [0.15, 0.2) is 0 Å². The van der Waals surface area contributed by atoms with Gasteiger partial charge in [-0.2, -0.15) is 0 Å². The average molecular weight is 296 g/mol. The molecule has 0 spiro atoms. The van der Waals surface area contributed by atoms with E-state index < -0.39 is 0 Å². The number of carbonyl (C=O) groups is 1. The van der Waals surface area contributed by atoms with Crippen LogP contribution in [0.4, 0.5) is 0 Å². The van der Waals surface area contributed by atoms with E-state index in [2.05, 4.69) is 23.6 Å². The first-order valence-corrected chi connectivity index (χ1v) is 8.70. The lowest BCUT2D eigenvalue weighted by Gasteiger charge is -2.35. The molecule has 1 amide bonds. The van der Waals surface area contributed by atoms with Crippen LogP contribution < -0.4 is 0 Å². The van der Waals surface area contributed by atoms with Crippen molar-refractivity contribution >= 4 is 5.91 Å². The first kappa shape index (κ1) is 16.8. The van der Waals surface area contributed by atoms with Crippen molar-refractivity contribution in [2.24, 2.45) is 11.3 Å². The highest BCUT2D eigenvalue weighted by Gasteiger charge is 2.43. The van der Waals surface area contributed by atoms with Crippen molar-refractivity contribution in [1.82, 2.24) is 9.80 Å². The fourth-order valence-corrected chi connectivity index (χ4v) is 4.21. The lowest BCUT2D eigenvalue weighted by atomic mass is 9.77. The molecule has 2 fully saturated rings. The van der Waals surface area contributed by atoms with Crippen molar-refractivity contribution in [3.63, 3.8) is 0 Å². The maximum atomic E-state index is 13.1. The van der Waals surface area contributed by atoms with E-state index in [4.69, 9.17) is 5.11 Å². The van der Waals surface area contributed by atoms with E-state index in [1.807, 2.05) is 0 Å². The second kappa shape index (κ2) is 7.59. The Hall–Kier alpha value is -0.610. The van der Waals surface area contributed by atoms with Crippen molar-refractivity contribution < 1.29 is 9.90 Å². The first-order valence-electron chi connectivity index (χ1n) is 8.70. The molecule has 1 saturated carbocycles. The molecular formula is C17H32N2O2. The predicted octanol–water partition coefficient (Wildman–Crippen LogP) is 2.12. The van der Waals surface area contributed by atoms with Gasteiger partial charge >= 0.3 is 0 Å². The van der Waals surface area contributed by atoms with Gasteiger partial charge in [-0.1, -0.05) is 26.7 Å². The highest BCUT2D eigenvalue weighted by Crippen LogP contribution is 2.44. The third-order valence-electron chi connectivity index (χ3n) is 5.11. The summed E-state index contributed by atoms with van der Waals surface area (Å²) in [7, 11) is 0. The van der Waals surface area contributed by atoms with E-state index in [-0.39, 0.29) is 12.0 Å². The van der Waals surface area contributed by atoms with Gasteiger partial charge in [0.25, 0.3) is 0 Å². The summed E-state index contributed by atoms with van der Waals surface area (Å²) in [5.74, 6) is 1.00. The second-order valence-corrected chi connectivity index (χ2v) is 7.30. The number of aliphatic hydroxyl groups is 1. The Morgan fingerprint density at radius 1 is 1.10 bits per heavy atom. The zero-order chi connectivity index (χ0) is 15.3. The third-order valence-corrected chi connectivity index (χ3v) is 5.11. The van der Waals surface area contributed by atoms with Crippen molar-refractivity contribution in [3.8, 4) is 0 Å². The largest absolute Gasteiger partial charge is 0.395 e. The summed E-state index contributed by atoms with van der Waals surface area (Å²) in [4.78, 5) is 17.5. The van der Waals surface area contributed by atoms with Gasteiger partial charge in [0.1, 0.15) is 0 Å². The molecule has 1 saturated heterocycles. The SMILES string of the molecule is CC(C)CC1(C(=O)N2CCCN(CCO)CC2)CCCC1. The van der Waals surface area contributed by atoms with Crippen LogP contribution >= 0.6 is 0 Å². The van der Waals surface area contributed by atoms with Gasteiger partial charge < -0.3 is 10.0 Å². The van der Waals surface area contributed by atoms with Crippen LogP contribution in [0.5, 0.6) is 0 Å². The Morgan fingerprint density at radius 3 is 2.43 bits per heavy atom. The van der Waals surface area contributed by atoms with E-state index in [1.54, 1.807) is 0 Å². The molecule has 2 rings (SSSR count). The molecule has 2 aliphatic rings. The maximum absolute atomic E-state index is 13.1. The highest BCUT2D eigenvalue weighted by atomic mass is 16.3. The number of hydrogen-bond donors (Lipinski definition) is 1. The lowest BCUT2D eigenvalue weighted by molar-refractivity contribution is -0.142. The normalized spacial score (nSPS) is 23.5. The average Bonchev–Trinajstić information content (AvgIpc) is 2.78. The van der Waals surface area contributed by atoms with Crippen molar-refractivity contribution in [3.05, 3.63) is 0 Å². The monoisotopic (exact) mass is 296 g/mol. The fourth-order valence-electron chi connectivity index (χ4n) is 4.21. The molecule has 21 heavy (non-hydrogen) atoms. The number of β-amino-alcohol motifs (C(OH)–C–C–N with tert-alkyl or cyclic N) is 1. The molecular weight excluding hydrogens is 264 g/mol. The zero-order valence-electron chi connectivity index (χ0n) is 13.8. The molecule has 0 aromatic heterocycles.